The van der Waals surface area contributed by atoms with Gasteiger partial charge in [-0.1, -0.05) is 12.1 Å². The van der Waals surface area contributed by atoms with Crippen LogP contribution in [-0.2, 0) is 23.2 Å². The van der Waals surface area contributed by atoms with E-state index in [2.05, 4.69) is 26.3 Å². The van der Waals surface area contributed by atoms with Crippen molar-refractivity contribution >= 4 is 28.8 Å². The van der Waals surface area contributed by atoms with Crippen LogP contribution in [0.3, 0.4) is 0 Å². The molecule has 1 fully saturated rings. The van der Waals surface area contributed by atoms with Crippen LogP contribution in [0.1, 0.15) is 34.6 Å². The van der Waals surface area contributed by atoms with Gasteiger partial charge in [0.1, 0.15) is 11.9 Å². The molecule has 2 aromatic carbocycles. The zero-order valence-electron chi connectivity index (χ0n) is 18.8. The van der Waals surface area contributed by atoms with E-state index in [0.717, 1.165) is 44.9 Å². The lowest BCUT2D eigenvalue weighted by molar-refractivity contribution is -0.136. The largest absolute Gasteiger partial charge is 0.342 e. The SMILES string of the molecule is Cc1nc2ccc(-c3c(-c4ccc5c(c4)CN([C@H]4CCC(=O)NC4=O)C5=O)ncn3C)cc2[nH]1. The number of nitrogens with zero attached hydrogens (tertiary/aromatic N) is 4. The Bertz CT molecular complexity index is 1510. The summed E-state index contributed by atoms with van der Waals surface area (Å²) in [5, 5.41) is 2.34. The fourth-order valence-corrected chi connectivity index (χ4v) is 4.99. The number of nitrogens with one attached hydrogen (secondary N) is 2. The Labute approximate surface area is 194 Å². The molecule has 0 bridgehead atoms. The van der Waals surface area contributed by atoms with Crippen molar-refractivity contribution in [3.63, 3.8) is 0 Å². The van der Waals surface area contributed by atoms with Gasteiger partial charge in [-0.3, -0.25) is 19.7 Å². The third kappa shape index (κ3) is 3.12. The third-order valence-electron chi connectivity index (χ3n) is 6.61. The minimum Gasteiger partial charge on any atom is -0.342 e. The molecule has 34 heavy (non-hydrogen) atoms. The normalized spacial score (nSPS) is 18.0. The van der Waals surface area contributed by atoms with E-state index >= 15 is 0 Å². The van der Waals surface area contributed by atoms with Crippen LogP contribution in [0.2, 0.25) is 0 Å². The van der Waals surface area contributed by atoms with E-state index in [1.165, 1.54) is 0 Å². The Balaban J connectivity index is 1.36. The molecule has 4 aromatic rings. The van der Waals surface area contributed by atoms with Gasteiger partial charge in [0, 0.05) is 36.7 Å². The summed E-state index contributed by atoms with van der Waals surface area (Å²) in [5.41, 5.74) is 6.98. The molecule has 6 rings (SSSR count). The number of benzene rings is 2. The lowest BCUT2D eigenvalue weighted by Gasteiger charge is -2.29. The van der Waals surface area contributed by atoms with Crippen LogP contribution in [0.25, 0.3) is 33.5 Å². The maximum Gasteiger partial charge on any atom is 0.255 e. The van der Waals surface area contributed by atoms with Crippen molar-refractivity contribution in [3.05, 3.63) is 59.7 Å². The number of imidazole rings is 2. The lowest BCUT2D eigenvalue weighted by Crippen LogP contribution is -2.52. The summed E-state index contributed by atoms with van der Waals surface area (Å²) in [6, 6.07) is 11.1. The summed E-state index contributed by atoms with van der Waals surface area (Å²) in [5.74, 6) is -0.0217. The van der Waals surface area contributed by atoms with Crippen molar-refractivity contribution in [2.45, 2.75) is 32.4 Å². The zero-order chi connectivity index (χ0) is 23.6. The van der Waals surface area contributed by atoms with E-state index < -0.39 is 11.9 Å². The average molecular weight is 454 g/mol. The monoisotopic (exact) mass is 454 g/mol. The standard InChI is InChI=1S/C25H22N6O3/c1-13-27-18-6-4-15(10-19(18)28-13)23-22(26-12-30(23)2)14-3-5-17-16(9-14)11-31(25(17)34)20-7-8-21(32)29-24(20)33/h3-6,9-10,12,20H,7-8,11H2,1-2H3,(H,27,28)(H,29,32,33)/t20-/m0/s1. The molecule has 2 N–H and O–H groups in total. The van der Waals surface area contributed by atoms with Gasteiger partial charge in [0.2, 0.25) is 11.8 Å². The highest BCUT2D eigenvalue weighted by molar-refractivity contribution is 6.05. The van der Waals surface area contributed by atoms with E-state index in [1.807, 2.05) is 42.8 Å². The maximum absolute atomic E-state index is 13.0. The number of piperidine rings is 1. The molecule has 9 nitrogen and oxygen atoms in total. The summed E-state index contributed by atoms with van der Waals surface area (Å²) in [6.07, 6.45) is 2.36. The summed E-state index contributed by atoms with van der Waals surface area (Å²) in [4.78, 5) is 50.8. The number of hydrogen-bond donors (Lipinski definition) is 2. The minimum atomic E-state index is -0.629. The van der Waals surface area contributed by atoms with Crippen molar-refractivity contribution in [3.8, 4) is 22.5 Å². The molecular formula is C25H22N6O3. The van der Waals surface area contributed by atoms with Gasteiger partial charge in [-0.25, -0.2) is 9.97 Å². The van der Waals surface area contributed by atoms with Crippen LogP contribution in [0.4, 0.5) is 0 Å². The molecule has 3 amide bonds. The van der Waals surface area contributed by atoms with E-state index in [1.54, 1.807) is 17.3 Å². The fourth-order valence-electron chi connectivity index (χ4n) is 4.99. The number of rotatable bonds is 3. The van der Waals surface area contributed by atoms with Crippen LogP contribution in [-0.4, -0.2) is 48.2 Å². The van der Waals surface area contributed by atoms with Crippen LogP contribution in [0.15, 0.2) is 42.7 Å². The van der Waals surface area contributed by atoms with Crippen molar-refractivity contribution in [2.75, 3.05) is 0 Å². The summed E-state index contributed by atoms with van der Waals surface area (Å²) >= 11 is 0. The van der Waals surface area contributed by atoms with Gasteiger partial charge in [-0.15, -0.1) is 0 Å². The van der Waals surface area contributed by atoms with Crippen molar-refractivity contribution in [1.82, 2.24) is 29.7 Å². The Morgan fingerprint density at radius 1 is 1.06 bits per heavy atom. The number of H-pyrrole nitrogens is 1. The number of imide groups is 1. The molecule has 2 aromatic heterocycles. The quantitative estimate of drug-likeness (QED) is 0.462. The average Bonchev–Trinajstić information content (AvgIpc) is 3.47. The van der Waals surface area contributed by atoms with Crippen molar-refractivity contribution in [1.29, 1.82) is 0 Å². The highest BCUT2D eigenvalue weighted by Gasteiger charge is 2.39. The first-order chi connectivity index (χ1) is 16.4. The fraction of sp³-hybridized carbons (Fsp3) is 0.240. The summed E-state index contributed by atoms with van der Waals surface area (Å²) in [6.45, 7) is 2.26. The molecule has 2 aliphatic rings. The van der Waals surface area contributed by atoms with E-state index in [9.17, 15) is 14.4 Å². The molecule has 2 aliphatic heterocycles. The molecule has 0 spiro atoms. The number of aryl methyl sites for hydroxylation is 2. The van der Waals surface area contributed by atoms with Gasteiger partial charge in [-0.2, -0.15) is 0 Å². The number of carbonyl (C=O) groups is 3. The lowest BCUT2D eigenvalue weighted by atomic mass is 10.0. The molecule has 0 aliphatic carbocycles. The van der Waals surface area contributed by atoms with E-state index in [-0.39, 0.29) is 18.2 Å². The Hall–Kier alpha value is -4.27. The first kappa shape index (κ1) is 20.3. The highest BCUT2D eigenvalue weighted by Crippen LogP contribution is 2.35. The second-order valence-corrected chi connectivity index (χ2v) is 8.88. The smallest absolute Gasteiger partial charge is 0.255 e. The van der Waals surface area contributed by atoms with Crippen LogP contribution in [0, 0.1) is 6.92 Å². The van der Waals surface area contributed by atoms with Gasteiger partial charge in [0.25, 0.3) is 5.91 Å². The predicted octanol–water partition coefficient (Wildman–Crippen LogP) is 2.70. The number of amides is 3. The molecule has 170 valence electrons. The van der Waals surface area contributed by atoms with Crippen molar-refractivity contribution < 1.29 is 14.4 Å². The first-order valence-corrected chi connectivity index (χ1v) is 11.1. The predicted molar refractivity (Wildman–Crippen MR) is 125 cm³/mol. The Morgan fingerprint density at radius 2 is 1.88 bits per heavy atom. The van der Waals surface area contributed by atoms with Crippen LogP contribution < -0.4 is 5.32 Å². The molecular weight excluding hydrogens is 432 g/mol. The van der Waals surface area contributed by atoms with Gasteiger partial charge in [-0.05, 0) is 43.2 Å². The Morgan fingerprint density at radius 3 is 2.71 bits per heavy atom. The molecule has 1 saturated heterocycles. The maximum atomic E-state index is 13.0. The molecule has 1 atom stereocenters. The number of aromatic nitrogens is 4. The molecule has 4 heterocycles. The van der Waals surface area contributed by atoms with Crippen molar-refractivity contribution in [2.24, 2.45) is 7.05 Å². The Kier molecular flexibility index (Phi) is 4.41. The van der Waals surface area contributed by atoms with Crippen LogP contribution >= 0.6 is 0 Å². The van der Waals surface area contributed by atoms with Gasteiger partial charge in [0.05, 0.1) is 28.7 Å². The number of hydrogen-bond acceptors (Lipinski definition) is 5. The summed E-state index contributed by atoms with van der Waals surface area (Å²) in [7, 11) is 1.95. The van der Waals surface area contributed by atoms with Gasteiger partial charge < -0.3 is 14.5 Å². The molecule has 0 saturated carbocycles. The van der Waals surface area contributed by atoms with Gasteiger partial charge >= 0.3 is 0 Å². The third-order valence-corrected chi connectivity index (χ3v) is 6.61. The number of fused-ring (bicyclic) bond motifs is 2. The first-order valence-electron chi connectivity index (χ1n) is 11.1. The van der Waals surface area contributed by atoms with Crippen LogP contribution in [0.5, 0.6) is 0 Å². The second kappa shape index (κ2) is 7.38. The van der Waals surface area contributed by atoms with Gasteiger partial charge in [0.15, 0.2) is 0 Å². The van der Waals surface area contributed by atoms with E-state index in [4.69, 9.17) is 0 Å². The highest BCUT2D eigenvalue weighted by atomic mass is 16.2. The molecule has 9 heteroatoms. The second-order valence-electron chi connectivity index (χ2n) is 8.88. The minimum absolute atomic E-state index is 0.183. The topological polar surface area (TPSA) is 113 Å². The number of carbonyl (C=O) groups excluding carboxylic acids is 3. The van der Waals surface area contributed by atoms with E-state index in [0.29, 0.717) is 18.5 Å². The summed E-state index contributed by atoms with van der Waals surface area (Å²) < 4.78 is 1.98. The zero-order valence-corrected chi connectivity index (χ0v) is 18.8. The number of aromatic amines is 1. The molecule has 0 unspecified atom stereocenters. The molecule has 0 radical (unpaired) electrons.